The lowest BCUT2D eigenvalue weighted by Gasteiger charge is -2.25. The third-order valence-electron chi connectivity index (χ3n) is 4.42. The molecule has 0 spiro atoms. The van der Waals surface area contributed by atoms with Crippen LogP contribution in [-0.2, 0) is 13.0 Å². The van der Waals surface area contributed by atoms with Crippen LogP contribution in [0, 0.1) is 0 Å². The molecule has 0 amide bonds. The summed E-state index contributed by atoms with van der Waals surface area (Å²) in [6, 6.07) is 5.08. The van der Waals surface area contributed by atoms with E-state index in [0.29, 0.717) is 6.04 Å². The van der Waals surface area contributed by atoms with Crippen LogP contribution in [0.4, 0.5) is 0 Å². The van der Waals surface area contributed by atoms with Gasteiger partial charge in [-0.25, -0.2) is 0 Å². The minimum Gasteiger partial charge on any atom is -0.493 e. The molecule has 1 aromatic carbocycles. The van der Waals surface area contributed by atoms with E-state index in [-0.39, 0.29) is 0 Å². The number of nitrogens with zero attached hydrogens (tertiary/aromatic N) is 1. The first kappa shape index (κ1) is 15.3. The Labute approximate surface area is 136 Å². The highest BCUT2D eigenvalue weighted by Crippen LogP contribution is 2.33. The van der Waals surface area contributed by atoms with Gasteiger partial charge in [-0.3, -0.25) is 4.90 Å². The second-order valence-electron chi connectivity index (χ2n) is 6.18. The van der Waals surface area contributed by atoms with E-state index in [0.717, 1.165) is 38.4 Å². The van der Waals surface area contributed by atoms with E-state index in [4.69, 9.17) is 4.74 Å². The quantitative estimate of drug-likeness (QED) is 0.899. The Hall–Kier alpha value is -0.580. The standard InChI is InChI=1S/C17H25BrN2O/c1-2-4-16-12-20(7-3-6-19-16)11-14-10-15(18)9-13-5-8-21-17(13)14/h9-10,16,19H,2-8,11-12H2,1H3. The number of halogens is 1. The summed E-state index contributed by atoms with van der Waals surface area (Å²) in [7, 11) is 0. The third kappa shape index (κ3) is 3.79. The molecule has 1 aromatic rings. The number of ether oxygens (including phenoxy) is 1. The Balaban J connectivity index is 1.73. The topological polar surface area (TPSA) is 24.5 Å². The molecule has 21 heavy (non-hydrogen) atoms. The van der Waals surface area contributed by atoms with Gasteiger partial charge in [-0.2, -0.15) is 0 Å². The van der Waals surface area contributed by atoms with E-state index in [2.05, 4.69) is 45.2 Å². The van der Waals surface area contributed by atoms with Crippen molar-refractivity contribution in [1.29, 1.82) is 0 Å². The molecule has 3 nitrogen and oxygen atoms in total. The summed E-state index contributed by atoms with van der Waals surface area (Å²) in [5, 5.41) is 3.68. The molecule has 0 saturated carbocycles. The normalized spacial score (nSPS) is 22.7. The smallest absolute Gasteiger partial charge is 0.127 e. The van der Waals surface area contributed by atoms with Crippen molar-refractivity contribution >= 4 is 15.9 Å². The van der Waals surface area contributed by atoms with Crippen molar-refractivity contribution in [2.45, 2.75) is 45.2 Å². The molecule has 0 bridgehead atoms. The van der Waals surface area contributed by atoms with Gasteiger partial charge in [0.05, 0.1) is 6.61 Å². The Bertz CT molecular complexity index is 492. The number of benzene rings is 1. The number of hydrogen-bond donors (Lipinski definition) is 1. The molecule has 3 rings (SSSR count). The maximum Gasteiger partial charge on any atom is 0.127 e. The summed E-state index contributed by atoms with van der Waals surface area (Å²) >= 11 is 3.65. The van der Waals surface area contributed by atoms with Gasteiger partial charge in [-0.1, -0.05) is 29.3 Å². The van der Waals surface area contributed by atoms with Gasteiger partial charge in [0.2, 0.25) is 0 Å². The van der Waals surface area contributed by atoms with Crippen molar-refractivity contribution in [2.24, 2.45) is 0 Å². The van der Waals surface area contributed by atoms with Crippen LogP contribution in [0.15, 0.2) is 16.6 Å². The average Bonchev–Trinajstić information content (AvgIpc) is 2.81. The lowest BCUT2D eigenvalue weighted by Crippen LogP contribution is -2.37. The van der Waals surface area contributed by atoms with Gasteiger partial charge in [0.15, 0.2) is 0 Å². The van der Waals surface area contributed by atoms with Crippen LogP contribution < -0.4 is 10.1 Å². The molecule has 0 radical (unpaired) electrons. The molecule has 116 valence electrons. The van der Waals surface area contributed by atoms with Crippen LogP contribution >= 0.6 is 15.9 Å². The fourth-order valence-electron chi connectivity index (χ4n) is 3.47. The van der Waals surface area contributed by atoms with Crippen molar-refractivity contribution in [3.05, 3.63) is 27.7 Å². The summed E-state index contributed by atoms with van der Waals surface area (Å²) < 4.78 is 7.05. The Morgan fingerprint density at radius 1 is 1.43 bits per heavy atom. The predicted octanol–water partition coefficient (Wildman–Crippen LogP) is 3.35. The van der Waals surface area contributed by atoms with Crippen LogP contribution in [0.25, 0.3) is 0 Å². The highest BCUT2D eigenvalue weighted by molar-refractivity contribution is 9.10. The van der Waals surface area contributed by atoms with Gasteiger partial charge in [-0.15, -0.1) is 0 Å². The average molecular weight is 353 g/mol. The largest absolute Gasteiger partial charge is 0.493 e. The molecule has 1 saturated heterocycles. The van der Waals surface area contributed by atoms with Crippen molar-refractivity contribution in [3.8, 4) is 5.75 Å². The van der Waals surface area contributed by atoms with Gasteiger partial charge in [0, 0.05) is 35.6 Å². The number of hydrogen-bond acceptors (Lipinski definition) is 3. The molecule has 0 aromatic heterocycles. The first-order chi connectivity index (χ1) is 10.3. The zero-order chi connectivity index (χ0) is 14.7. The third-order valence-corrected chi connectivity index (χ3v) is 4.88. The zero-order valence-corrected chi connectivity index (χ0v) is 14.4. The first-order valence-electron chi connectivity index (χ1n) is 8.16. The van der Waals surface area contributed by atoms with E-state index in [1.807, 2.05) is 0 Å². The minimum absolute atomic E-state index is 0.638. The molecule has 1 N–H and O–H groups in total. The van der Waals surface area contributed by atoms with Crippen LogP contribution in [0.1, 0.15) is 37.3 Å². The van der Waals surface area contributed by atoms with Crippen LogP contribution in [0.2, 0.25) is 0 Å². The fraction of sp³-hybridized carbons (Fsp3) is 0.647. The zero-order valence-electron chi connectivity index (χ0n) is 12.8. The highest BCUT2D eigenvalue weighted by Gasteiger charge is 2.22. The van der Waals surface area contributed by atoms with E-state index in [9.17, 15) is 0 Å². The molecule has 2 aliphatic rings. The van der Waals surface area contributed by atoms with Gasteiger partial charge in [-0.05, 0) is 43.6 Å². The highest BCUT2D eigenvalue weighted by atomic mass is 79.9. The summed E-state index contributed by atoms with van der Waals surface area (Å²) in [5.74, 6) is 1.14. The monoisotopic (exact) mass is 352 g/mol. The van der Waals surface area contributed by atoms with Crippen LogP contribution in [0.3, 0.4) is 0 Å². The minimum atomic E-state index is 0.638. The summed E-state index contributed by atoms with van der Waals surface area (Å²) in [6.45, 7) is 7.58. The lowest BCUT2D eigenvalue weighted by atomic mass is 10.1. The molecule has 1 fully saturated rings. The van der Waals surface area contributed by atoms with Gasteiger partial charge >= 0.3 is 0 Å². The van der Waals surface area contributed by atoms with E-state index in [1.54, 1.807) is 0 Å². The first-order valence-corrected chi connectivity index (χ1v) is 8.95. The molecule has 2 heterocycles. The fourth-order valence-corrected chi connectivity index (χ4v) is 4.02. The van der Waals surface area contributed by atoms with Gasteiger partial charge in [0.1, 0.15) is 5.75 Å². The van der Waals surface area contributed by atoms with Gasteiger partial charge in [0.25, 0.3) is 0 Å². The van der Waals surface area contributed by atoms with Crippen molar-refractivity contribution in [3.63, 3.8) is 0 Å². The molecule has 2 aliphatic heterocycles. The second-order valence-corrected chi connectivity index (χ2v) is 7.10. The van der Waals surface area contributed by atoms with E-state index in [1.165, 1.54) is 41.4 Å². The molecule has 1 atom stereocenters. The summed E-state index contributed by atoms with van der Waals surface area (Å²) in [6.07, 6.45) is 4.80. The maximum absolute atomic E-state index is 5.87. The van der Waals surface area contributed by atoms with Crippen molar-refractivity contribution in [2.75, 3.05) is 26.2 Å². The Morgan fingerprint density at radius 2 is 2.33 bits per heavy atom. The molecule has 0 aliphatic carbocycles. The maximum atomic E-state index is 5.87. The lowest BCUT2D eigenvalue weighted by molar-refractivity contribution is 0.250. The van der Waals surface area contributed by atoms with Crippen LogP contribution in [0.5, 0.6) is 5.75 Å². The number of rotatable bonds is 4. The summed E-state index contributed by atoms with van der Waals surface area (Å²) in [4.78, 5) is 2.59. The van der Waals surface area contributed by atoms with E-state index < -0.39 is 0 Å². The van der Waals surface area contributed by atoms with Crippen LogP contribution in [-0.4, -0.2) is 37.2 Å². The molecular weight excluding hydrogens is 328 g/mol. The second kappa shape index (κ2) is 7.12. The van der Waals surface area contributed by atoms with Crippen molar-refractivity contribution < 1.29 is 4.74 Å². The van der Waals surface area contributed by atoms with Crippen molar-refractivity contribution in [1.82, 2.24) is 10.2 Å². The summed E-state index contributed by atoms with van der Waals surface area (Å²) in [5.41, 5.74) is 2.70. The molecule has 1 unspecified atom stereocenters. The SMILES string of the molecule is CCCC1CN(Cc2cc(Br)cc3c2OCC3)CCCN1. The van der Waals surface area contributed by atoms with Gasteiger partial charge < -0.3 is 10.1 Å². The number of nitrogens with one attached hydrogen (secondary N) is 1. The van der Waals surface area contributed by atoms with E-state index >= 15 is 0 Å². The predicted molar refractivity (Wildman–Crippen MR) is 89.9 cm³/mol. The number of fused-ring (bicyclic) bond motifs is 1. The Morgan fingerprint density at radius 3 is 3.19 bits per heavy atom. The molecular formula is C17H25BrN2O. The Kier molecular flexibility index (Phi) is 5.19. The molecule has 4 heteroatoms.